The van der Waals surface area contributed by atoms with Crippen molar-refractivity contribution in [1.82, 2.24) is 0 Å². The van der Waals surface area contributed by atoms with E-state index in [1.165, 1.54) is 6.07 Å². The Hall–Kier alpha value is -3.20. The highest BCUT2D eigenvalue weighted by Gasteiger charge is 2.32. The molecule has 1 amide bonds. The molecule has 0 unspecified atom stereocenters. The summed E-state index contributed by atoms with van der Waals surface area (Å²) in [6.07, 6.45) is 0. The fourth-order valence-corrected chi connectivity index (χ4v) is 6.14. The quantitative estimate of drug-likeness (QED) is 0.257. The number of hydrogen-bond acceptors (Lipinski definition) is 6. The number of nitrogens with one attached hydrogen (secondary N) is 2. The molecule has 1 heterocycles. The van der Waals surface area contributed by atoms with Gasteiger partial charge in [0, 0.05) is 21.2 Å². The third kappa shape index (κ3) is 4.84. The molecule has 0 atom stereocenters. The van der Waals surface area contributed by atoms with Crippen LogP contribution in [0.2, 0.25) is 10.0 Å². The van der Waals surface area contributed by atoms with Crippen LogP contribution in [0.15, 0.2) is 86.5 Å². The molecule has 1 aliphatic rings. The van der Waals surface area contributed by atoms with Gasteiger partial charge in [-0.3, -0.25) is 15.0 Å². The first-order chi connectivity index (χ1) is 16.2. The van der Waals surface area contributed by atoms with Crippen molar-refractivity contribution in [2.45, 2.75) is 9.79 Å². The van der Waals surface area contributed by atoms with Gasteiger partial charge in [0.2, 0.25) is 5.78 Å². The first-order valence-electron chi connectivity index (χ1n) is 9.52. The Morgan fingerprint density at radius 2 is 1.68 bits per heavy atom. The molecule has 7 nitrogen and oxygen atoms in total. The highest BCUT2D eigenvalue weighted by molar-refractivity contribution is 8.16. The Bertz CT molecular complexity index is 1510. The van der Waals surface area contributed by atoms with Crippen LogP contribution in [0.3, 0.4) is 0 Å². The number of fused-ring (bicyclic) bond motifs is 1. The minimum absolute atomic E-state index is 0.00364. The normalized spacial score (nSPS) is 13.8. The van der Waals surface area contributed by atoms with E-state index in [9.17, 15) is 18.0 Å². The molecule has 0 aromatic heterocycles. The van der Waals surface area contributed by atoms with Crippen molar-refractivity contribution >= 4 is 73.3 Å². The molecule has 3 aromatic carbocycles. The van der Waals surface area contributed by atoms with Crippen LogP contribution in [0, 0.1) is 5.41 Å². The molecule has 4 rings (SSSR count). The molecule has 0 radical (unpaired) electrons. The van der Waals surface area contributed by atoms with Crippen LogP contribution >= 0.6 is 35.0 Å². The van der Waals surface area contributed by atoms with Crippen molar-refractivity contribution in [2.75, 3.05) is 5.32 Å². The van der Waals surface area contributed by atoms with Crippen molar-refractivity contribution in [2.24, 2.45) is 4.40 Å². The number of benzene rings is 3. The zero-order chi connectivity index (χ0) is 24.5. The molecule has 2 N–H and O–H groups in total. The van der Waals surface area contributed by atoms with E-state index in [-0.39, 0.29) is 36.6 Å². The molecule has 170 valence electrons. The number of carbonyl (C=O) groups is 2. The molecule has 3 aromatic rings. The number of thioether (sulfide) groups is 1. The number of nitrogens with zero attached hydrogens (tertiary/aromatic N) is 1. The standard InChI is InChI=1S/C23H13Cl2N3O4S2/c24-14-6-8-15(9-7-14)27-22(30)16-10-20-19(11-18(16)25)33-23(28-34(20,31)32)17(12-26)21(29)13-4-2-1-3-5-13/h1-11,26H,(H,27,30). The number of anilines is 1. The molecular weight excluding hydrogens is 517 g/mol. The fraction of sp³-hybridized carbons (Fsp3) is 0. The van der Waals surface area contributed by atoms with Gasteiger partial charge < -0.3 is 5.32 Å². The number of sulfonamides is 1. The number of rotatable bonds is 5. The lowest BCUT2D eigenvalue weighted by atomic mass is 10.1. The monoisotopic (exact) mass is 529 g/mol. The number of amides is 1. The van der Waals surface area contributed by atoms with Gasteiger partial charge in [0.05, 0.1) is 10.6 Å². The minimum Gasteiger partial charge on any atom is -0.322 e. The summed E-state index contributed by atoms with van der Waals surface area (Å²) < 4.78 is 29.6. The van der Waals surface area contributed by atoms with Gasteiger partial charge in [-0.2, -0.15) is 12.8 Å². The predicted octanol–water partition coefficient (Wildman–Crippen LogP) is 5.50. The predicted molar refractivity (Wildman–Crippen MR) is 133 cm³/mol. The van der Waals surface area contributed by atoms with Crippen molar-refractivity contribution in [3.63, 3.8) is 0 Å². The maximum Gasteiger partial charge on any atom is 0.284 e. The Morgan fingerprint density at radius 1 is 1.00 bits per heavy atom. The summed E-state index contributed by atoms with van der Waals surface area (Å²) in [5.41, 5.74) is 0.337. The minimum atomic E-state index is -4.30. The van der Waals surface area contributed by atoms with Gasteiger partial charge in [-0.15, -0.1) is 0 Å². The summed E-state index contributed by atoms with van der Waals surface area (Å²) in [5, 5.41) is 10.5. The van der Waals surface area contributed by atoms with Crippen molar-refractivity contribution in [3.8, 4) is 0 Å². The molecule has 0 saturated heterocycles. The molecule has 0 aliphatic carbocycles. The maximum atomic E-state index is 12.9. The molecule has 34 heavy (non-hydrogen) atoms. The highest BCUT2D eigenvalue weighted by atomic mass is 35.5. The van der Waals surface area contributed by atoms with E-state index in [1.807, 2.05) is 5.87 Å². The van der Waals surface area contributed by atoms with Gasteiger partial charge in [0.25, 0.3) is 15.9 Å². The van der Waals surface area contributed by atoms with Crippen LogP contribution < -0.4 is 5.32 Å². The van der Waals surface area contributed by atoms with Crippen LogP contribution in [0.4, 0.5) is 5.69 Å². The van der Waals surface area contributed by atoms with Gasteiger partial charge in [0.1, 0.15) is 15.5 Å². The van der Waals surface area contributed by atoms with Crippen LogP contribution in [0.5, 0.6) is 0 Å². The number of ketones is 1. The van der Waals surface area contributed by atoms with Crippen LogP contribution in [0.25, 0.3) is 0 Å². The Morgan fingerprint density at radius 3 is 2.32 bits per heavy atom. The molecule has 0 saturated carbocycles. The van der Waals surface area contributed by atoms with E-state index in [0.717, 1.165) is 17.8 Å². The Kier molecular flexibility index (Phi) is 6.74. The Balaban J connectivity index is 1.68. The van der Waals surface area contributed by atoms with E-state index < -0.39 is 21.7 Å². The van der Waals surface area contributed by atoms with E-state index in [4.69, 9.17) is 28.6 Å². The Labute approximate surface area is 209 Å². The van der Waals surface area contributed by atoms with Crippen molar-refractivity contribution in [3.05, 3.63) is 93.5 Å². The van der Waals surface area contributed by atoms with E-state index in [0.29, 0.717) is 10.7 Å². The summed E-state index contributed by atoms with van der Waals surface area (Å²) in [5.74, 6) is 0.796. The second-order valence-electron chi connectivity index (χ2n) is 6.91. The molecule has 0 fully saturated rings. The van der Waals surface area contributed by atoms with Gasteiger partial charge in [-0.1, -0.05) is 65.3 Å². The first-order valence-corrected chi connectivity index (χ1v) is 12.5. The fourth-order valence-electron chi connectivity index (χ4n) is 3.04. The zero-order valence-electron chi connectivity index (χ0n) is 17.0. The topological polar surface area (TPSA) is 117 Å². The number of halogens is 2. The lowest BCUT2D eigenvalue weighted by Gasteiger charge is -2.18. The molecule has 0 bridgehead atoms. The number of carbonyl (C=O) groups excluding carboxylic acids is 2. The second-order valence-corrected chi connectivity index (χ2v) is 10.4. The molecule has 11 heteroatoms. The number of Topliss-reactive ketones (excluding diaryl/α,β-unsaturated/α-hetero) is 1. The van der Waals surface area contributed by atoms with Gasteiger partial charge in [0.15, 0.2) is 0 Å². The van der Waals surface area contributed by atoms with Crippen LogP contribution in [0.1, 0.15) is 20.7 Å². The van der Waals surface area contributed by atoms with Crippen LogP contribution in [-0.2, 0) is 10.0 Å². The third-order valence-corrected chi connectivity index (χ3v) is 7.84. The average Bonchev–Trinajstić information content (AvgIpc) is 2.80. The van der Waals surface area contributed by atoms with E-state index >= 15 is 0 Å². The van der Waals surface area contributed by atoms with Crippen molar-refractivity contribution < 1.29 is 18.0 Å². The molecule has 1 aliphatic heterocycles. The van der Waals surface area contributed by atoms with Crippen molar-refractivity contribution in [1.29, 1.82) is 5.41 Å². The van der Waals surface area contributed by atoms with Gasteiger partial charge in [-0.05, 0) is 42.3 Å². The second kappa shape index (κ2) is 9.58. The molecule has 0 spiro atoms. The SMILES string of the molecule is N=C=C(C(=O)c1ccccc1)C1=NS(=O)(=O)c2cc(C(=O)Nc3ccc(Cl)cc3)c(Cl)cc2S1. The number of hydrogen-bond donors (Lipinski definition) is 2. The third-order valence-electron chi connectivity index (χ3n) is 4.67. The molecular formula is C23H13Cl2N3O4S2. The summed E-state index contributed by atoms with van der Waals surface area (Å²) in [6, 6.07) is 16.9. The van der Waals surface area contributed by atoms with Gasteiger partial charge >= 0.3 is 0 Å². The highest BCUT2D eigenvalue weighted by Crippen LogP contribution is 2.39. The van der Waals surface area contributed by atoms with Crippen LogP contribution in [-0.4, -0.2) is 31.0 Å². The maximum absolute atomic E-state index is 12.9. The largest absolute Gasteiger partial charge is 0.322 e. The van der Waals surface area contributed by atoms with E-state index in [1.54, 1.807) is 54.6 Å². The van der Waals surface area contributed by atoms with E-state index in [2.05, 4.69) is 9.71 Å². The lowest BCUT2D eigenvalue weighted by Crippen LogP contribution is -2.19. The average molecular weight is 530 g/mol. The summed E-state index contributed by atoms with van der Waals surface area (Å²) in [4.78, 5) is 25.5. The van der Waals surface area contributed by atoms with Gasteiger partial charge in [-0.25, -0.2) is 0 Å². The lowest BCUT2D eigenvalue weighted by molar-refractivity contribution is 0.102. The zero-order valence-corrected chi connectivity index (χ0v) is 20.1. The summed E-state index contributed by atoms with van der Waals surface area (Å²) >= 11 is 13.0. The first kappa shape index (κ1) is 23.9. The summed E-state index contributed by atoms with van der Waals surface area (Å²) in [6.45, 7) is 0. The smallest absolute Gasteiger partial charge is 0.284 e. The summed E-state index contributed by atoms with van der Waals surface area (Å²) in [7, 11) is -4.30.